The summed E-state index contributed by atoms with van der Waals surface area (Å²) in [5.41, 5.74) is 5.81. The average Bonchev–Trinajstić information content (AvgIpc) is 3.21. The fourth-order valence-electron chi connectivity index (χ4n) is 7.34. The zero-order chi connectivity index (χ0) is 33.0. The van der Waals surface area contributed by atoms with Crippen LogP contribution in [0.4, 0.5) is 0 Å². The SMILES string of the molecule is c1ccc(-c2nc(-c3ccccc3)nc(-c3ccc(-c4nc5c6ccccc6c6ccccc6c5c5c4ccc4ccccc45)cc3)n2)cc1. The maximum Gasteiger partial charge on any atom is 0.164 e. The topological polar surface area (TPSA) is 51.6 Å². The first-order valence-electron chi connectivity index (χ1n) is 16.8. The van der Waals surface area contributed by atoms with E-state index in [0.717, 1.165) is 44.2 Å². The summed E-state index contributed by atoms with van der Waals surface area (Å²) in [7, 11) is 0. The summed E-state index contributed by atoms with van der Waals surface area (Å²) in [5.74, 6) is 1.92. The van der Waals surface area contributed by atoms with E-state index in [1.165, 1.54) is 37.7 Å². The molecular formula is C46H28N4. The molecule has 2 aromatic heterocycles. The molecule has 4 nitrogen and oxygen atoms in total. The van der Waals surface area contributed by atoms with Gasteiger partial charge < -0.3 is 0 Å². The Morgan fingerprint density at radius 1 is 0.260 bits per heavy atom. The number of aromatic nitrogens is 4. The summed E-state index contributed by atoms with van der Waals surface area (Å²) in [6, 6.07) is 59.2. The first kappa shape index (κ1) is 28.3. The van der Waals surface area contributed by atoms with Crippen LogP contribution in [0.5, 0.6) is 0 Å². The molecule has 0 saturated heterocycles. The number of rotatable bonds is 4. The van der Waals surface area contributed by atoms with Gasteiger partial charge in [-0.05, 0) is 26.9 Å². The lowest BCUT2D eigenvalue weighted by Gasteiger charge is -2.17. The van der Waals surface area contributed by atoms with Crippen LogP contribution in [0.1, 0.15) is 0 Å². The van der Waals surface area contributed by atoms with E-state index in [-0.39, 0.29) is 0 Å². The fourth-order valence-corrected chi connectivity index (χ4v) is 7.34. The molecule has 10 rings (SSSR count). The lowest BCUT2D eigenvalue weighted by Crippen LogP contribution is -2.00. The van der Waals surface area contributed by atoms with Crippen molar-refractivity contribution in [3.8, 4) is 45.4 Å². The van der Waals surface area contributed by atoms with Crippen LogP contribution in [0.25, 0.3) is 99.4 Å². The second kappa shape index (κ2) is 11.4. The van der Waals surface area contributed by atoms with Crippen LogP contribution in [0.3, 0.4) is 0 Å². The summed E-state index contributed by atoms with van der Waals surface area (Å²) in [6.07, 6.45) is 0. The van der Waals surface area contributed by atoms with Gasteiger partial charge in [0, 0.05) is 43.8 Å². The lowest BCUT2D eigenvalue weighted by molar-refractivity contribution is 1.07. The average molecular weight is 637 g/mol. The Balaban J connectivity index is 1.21. The van der Waals surface area contributed by atoms with Crippen molar-refractivity contribution in [3.05, 3.63) is 170 Å². The summed E-state index contributed by atoms with van der Waals surface area (Å²) >= 11 is 0. The number of fused-ring (bicyclic) bond motifs is 10. The molecule has 10 aromatic rings. The zero-order valence-corrected chi connectivity index (χ0v) is 27.0. The van der Waals surface area contributed by atoms with Gasteiger partial charge in [0.25, 0.3) is 0 Å². The minimum atomic E-state index is 0.629. The Morgan fingerprint density at radius 3 is 1.34 bits per heavy atom. The summed E-state index contributed by atoms with van der Waals surface area (Å²) in [5, 5.41) is 10.8. The molecule has 0 aliphatic rings. The molecule has 0 spiro atoms. The molecule has 0 N–H and O–H groups in total. The Bertz CT molecular complexity index is 2840. The minimum Gasteiger partial charge on any atom is -0.246 e. The van der Waals surface area contributed by atoms with E-state index in [1.807, 2.05) is 60.7 Å². The molecule has 0 amide bonds. The molecule has 0 bridgehead atoms. The number of hydrogen-bond donors (Lipinski definition) is 0. The van der Waals surface area contributed by atoms with Gasteiger partial charge in [0.2, 0.25) is 0 Å². The van der Waals surface area contributed by atoms with E-state index in [9.17, 15) is 0 Å². The number of benzene rings is 8. The monoisotopic (exact) mass is 636 g/mol. The van der Waals surface area contributed by atoms with E-state index in [2.05, 4.69) is 109 Å². The Hall–Kier alpha value is -6.78. The maximum absolute atomic E-state index is 5.53. The highest BCUT2D eigenvalue weighted by Gasteiger charge is 2.19. The predicted octanol–water partition coefficient (Wildman–Crippen LogP) is 11.7. The van der Waals surface area contributed by atoms with Crippen LogP contribution in [0.2, 0.25) is 0 Å². The molecule has 232 valence electrons. The molecule has 0 fully saturated rings. The van der Waals surface area contributed by atoms with Crippen LogP contribution >= 0.6 is 0 Å². The van der Waals surface area contributed by atoms with Gasteiger partial charge in [0.15, 0.2) is 17.5 Å². The third kappa shape index (κ3) is 4.54. The van der Waals surface area contributed by atoms with Crippen LogP contribution in [-0.4, -0.2) is 19.9 Å². The van der Waals surface area contributed by atoms with Crippen LogP contribution in [0.15, 0.2) is 170 Å². The second-order valence-corrected chi connectivity index (χ2v) is 12.6. The van der Waals surface area contributed by atoms with Gasteiger partial charge in [-0.15, -0.1) is 0 Å². The zero-order valence-electron chi connectivity index (χ0n) is 27.0. The minimum absolute atomic E-state index is 0.629. The lowest BCUT2D eigenvalue weighted by atomic mass is 9.90. The van der Waals surface area contributed by atoms with E-state index in [4.69, 9.17) is 19.9 Å². The molecule has 2 heterocycles. The first-order chi connectivity index (χ1) is 24.8. The maximum atomic E-state index is 5.53. The Kier molecular flexibility index (Phi) is 6.46. The van der Waals surface area contributed by atoms with Crippen molar-refractivity contribution in [2.75, 3.05) is 0 Å². The highest BCUT2D eigenvalue weighted by molar-refractivity contribution is 6.35. The molecule has 0 atom stereocenters. The van der Waals surface area contributed by atoms with Crippen LogP contribution in [-0.2, 0) is 0 Å². The van der Waals surface area contributed by atoms with Crippen molar-refractivity contribution in [2.24, 2.45) is 0 Å². The highest BCUT2D eigenvalue weighted by Crippen LogP contribution is 2.43. The summed E-state index contributed by atoms with van der Waals surface area (Å²) in [4.78, 5) is 20.3. The smallest absolute Gasteiger partial charge is 0.164 e. The largest absolute Gasteiger partial charge is 0.246 e. The van der Waals surface area contributed by atoms with Crippen molar-refractivity contribution < 1.29 is 0 Å². The van der Waals surface area contributed by atoms with E-state index in [1.54, 1.807) is 0 Å². The molecule has 50 heavy (non-hydrogen) atoms. The van der Waals surface area contributed by atoms with Crippen LogP contribution in [0, 0.1) is 0 Å². The van der Waals surface area contributed by atoms with Gasteiger partial charge in [-0.2, -0.15) is 0 Å². The van der Waals surface area contributed by atoms with E-state index in [0.29, 0.717) is 17.5 Å². The molecule has 0 saturated carbocycles. The molecule has 0 aliphatic heterocycles. The second-order valence-electron chi connectivity index (χ2n) is 12.6. The molecule has 8 aromatic carbocycles. The highest BCUT2D eigenvalue weighted by atomic mass is 15.0. The van der Waals surface area contributed by atoms with Gasteiger partial charge in [-0.25, -0.2) is 19.9 Å². The Morgan fingerprint density at radius 2 is 0.720 bits per heavy atom. The van der Waals surface area contributed by atoms with E-state index >= 15 is 0 Å². The van der Waals surface area contributed by atoms with Gasteiger partial charge in [-0.3, -0.25) is 0 Å². The van der Waals surface area contributed by atoms with E-state index < -0.39 is 0 Å². The molecular weight excluding hydrogens is 609 g/mol. The van der Waals surface area contributed by atoms with Crippen molar-refractivity contribution in [1.29, 1.82) is 0 Å². The molecule has 0 unspecified atom stereocenters. The van der Waals surface area contributed by atoms with Crippen molar-refractivity contribution >= 4 is 54.0 Å². The third-order valence-corrected chi connectivity index (χ3v) is 9.68. The molecule has 4 heteroatoms. The van der Waals surface area contributed by atoms with Gasteiger partial charge in [0.1, 0.15) is 0 Å². The molecule has 0 radical (unpaired) electrons. The molecule has 0 aliphatic carbocycles. The van der Waals surface area contributed by atoms with Gasteiger partial charge >= 0.3 is 0 Å². The van der Waals surface area contributed by atoms with Gasteiger partial charge in [-0.1, -0.05) is 170 Å². The summed E-state index contributed by atoms with van der Waals surface area (Å²) < 4.78 is 0. The first-order valence-corrected chi connectivity index (χ1v) is 16.8. The van der Waals surface area contributed by atoms with Crippen molar-refractivity contribution in [3.63, 3.8) is 0 Å². The Labute approximate surface area is 288 Å². The standard InChI is InChI=1S/C46H28N4/c1-3-14-31(15-4-1)44-48-45(32-16-5-2-6-17-32)50-46(49-44)33-25-23-30(24-26-33)42-39-28-27-29-13-7-8-18-34(29)40(39)41-37-21-11-9-19-35(37)36-20-10-12-22-38(36)43(41)47-42/h1-28H. The number of nitrogens with zero attached hydrogens (tertiary/aromatic N) is 4. The van der Waals surface area contributed by atoms with Crippen molar-refractivity contribution in [1.82, 2.24) is 19.9 Å². The van der Waals surface area contributed by atoms with Crippen LogP contribution < -0.4 is 0 Å². The fraction of sp³-hybridized carbons (Fsp3) is 0. The quantitative estimate of drug-likeness (QED) is 0.180. The normalized spacial score (nSPS) is 11.6. The number of pyridine rings is 1. The summed E-state index contributed by atoms with van der Waals surface area (Å²) in [6.45, 7) is 0. The van der Waals surface area contributed by atoms with Crippen molar-refractivity contribution in [2.45, 2.75) is 0 Å². The number of hydrogen-bond acceptors (Lipinski definition) is 4. The predicted molar refractivity (Wildman–Crippen MR) is 207 cm³/mol. The van der Waals surface area contributed by atoms with Gasteiger partial charge in [0.05, 0.1) is 11.2 Å². The third-order valence-electron chi connectivity index (χ3n) is 9.68.